The minimum Gasteiger partial charge on any atom is -0.394 e. The van der Waals surface area contributed by atoms with E-state index in [2.05, 4.69) is 15.5 Å². The predicted octanol–water partition coefficient (Wildman–Crippen LogP) is 1.05. The Kier molecular flexibility index (Phi) is 3.43. The highest BCUT2D eigenvalue weighted by Crippen LogP contribution is 2.20. The van der Waals surface area contributed by atoms with Gasteiger partial charge in [-0.2, -0.15) is 5.10 Å². The molecule has 5 nitrogen and oxygen atoms in total. The van der Waals surface area contributed by atoms with Gasteiger partial charge in [0.2, 0.25) is 0 Å². The van der Waals surface area contributed by atoms with Gasteiger partial charge in [-0.05, 0) is 12.5 Å². The summed E-state index contributed by atoms with van der Waals surface area (Å²) in [6, 6.07) is 9.36. The summed E-state index contributed by atoms with van der Waals surface area (Å²) in [5.41, 5.74) is 0.477. The number of hydrogen-bond acceptors (Lipinski definition) is 3. The number of benzene rings is 1. The summed E-state index contributed by atoms with van der Waals surface area (Å²) in [5, 5.41) is 18.7. The fourth-order valence-corrected chi connectivity index (χ4v) is 1.71. The smallest absolute Gasteiger partial charge is 0.255 e. The lowest BCUT2D eigenvalue weighted by atomic mass is 9.92. The van der Waals surface area contributed by atoms with E-state index in [4.69, 9.17) is 0 Å². The summed E-state index contributed by atoms with van der Waals surface area (Å²) in [7, 11) is 0. The fraction of sp³-hybridized carbons (Fsp3) is 0.231. The molecule has 18 heavy (non-hydrogen) atoms. The third-order valence-corrected chi connectivity index (χ3v) is 2.88. The van der Waals surface area contributed by atoms with Gasteiger partial charge in [0.05, 0.1) is 23.9 Å². The zero-order valence-corrected chi connectivity index (χ0v) is 10.1. The number of nitrogens with one attached hydrogen (secondary N) is 2. The van der Waals surface area contributed by atoms with Gasteiger partial charge in [0.25, 0.3) is 5.91 Å². The Balaban J connectivity index is 2.21. The first-order valence-corrected chi connectivity index (χ1v) is 5.63. The highest BCUT2D eigenvalue weighted by atomic mass is 16.3. The largest absolute Gasteiger partial charge is 0.394 e. The molecular weight excluding hydrogens is 230 g/mol. The van der Waals surface area contributed by atoms with Gasteiger partial charge in [0.1, 0.15) is 0 Å². The van der Waals surface area contributed by atoms with Crippen molar-refractivity contribution in [1.82, 2.24) is 15.5 Å². The Bertz CT molecular complexity index is 510. The number of aliphatic hydroxyl groups excluding tert-OH is 1. The second kappa shape index (κ2) is 5.01. The van der Waals surface area contributed by atoms with E-state index in [0.717, 1.165) is 5.56 Å². The van der Waals surface area contributed by atoms with Crippen LogP contribution in [0.4, 0.5) is 0 Å². The Hall–Kier alpha value is -2.14. The van der Waals surface area contributed by atoms with Crippen LogP contribution in [0.25, 0.3) is 0 Å². The monoisotopic (exact) mass is 245 g/mol. The number of carbonyl (C=O) groups excluding carboxylic acids is 1. The SMILES string of the molecule is CC(CO)(NC(=O)c1cn[nH]c1)c1ccccc1. The summed E-state index contributed by atoms with van der Waals surface area (Å²) < 4.78 is 0. The Labute approximate surface area is 105 Å². The summed E-state index contributed by atoms with van der Waals surface area (Å²) in [5.74, 6) is -0.274. The zero-order valence-electron chi connectivity index (χ0n) is 10.1. The molecule has 0 fully saturated rings. The number of nitrogens with zero attached hydrogens (tertiary/aromatic N) is 1. The lowest BCUT2D eigenvalue weighted by Gasteiger charge is -2.29. The molecule has 1 aromatic carbocycles. The first-order valence-electron chi connectivity index (χ1n) is 5.63. The van der Waals surface area contributed by atoms with Gasteiger partial charge in [0, 0.05) is 6.20 Å². The third kappa shape index (κ3) is 2.41. The van der Waals surface area contributed by atoms with E-state index < -0.39 is 5.54 Å². The van der Waals surface area contributed by atoms with Crippen LogP contribution < -0.4 is 5.32 Å². The second-order valence-corrected chi connectivity index (χ2v) is 4.30. The molecule has 3 N–H and O–H groups in total. The van der Waals surface area contributed by atoms with Crippen molar-refractivity contribution >= 4 is 5.91 Å². The summed E-state index contributed by atoms with van der Waals surface area (Å²) >= 11 is 0. The molecule has 1 atom stereocenters. The number of aliphatic hydroxyl groups is 1. The standard InChI is InChI=1S/C13H15N3O2/c1-13(9-17,11-5-3-2-4-6-11)16-12(18)10-7-14-15-8-10/h2-8,17H,9H2,1H3,(H,14,15)(H,16,18). The van der Waals surface area contributed by atoms with E-state index >= 15 is 0 Å². The predicted molar refractivity (Wildman–Crippen MR) is 66.9 cm³/mol. The third-order valence-electron chi connectivity index (χ3n) is 2.88. The van der Waals surface area contributed by atoms with Crippen LogP contribution in [0.5, 0.6) is 0 Å². The van der Waals surface area contributed by atoms with Crippen molar-refractivity contribution in [2.45, 2.75) is 12.5 Å². The molecule has 0 spiro atoms. The van der Waals surface area contributed by atoms with E-state index in [9.17, 15) is 9.90 Å². The minimum absolute atomic E-state index is 0.180. The average Bonchev–Trinajstić information content (AvgIpc) is 2.93. The number of H-pyrrole nitrogens is 1. The van der Waals surface area contributed by atoms with Crippen LogP contribution >= 0.6 is 0 Å². The van der Waals surface area contributed by atoms with Gasteiger partial charge in [-0.15, -0.1) is 0 Å². The van der Waals surface area contributed by atoms with Crippen LogP contribution in [-0.4, -0.2) is 27.8 Å². The van der Waals surface area contributed by atoms with Crippen molar-refractivity contribution in [2.75, 3.05) is 6.61 Å². The Morgan fingerprint density at radius 3 is 2.72 bits per heavy atom. The van der Waals surface area contributed by atoms with E-state index in [1.165, 1.54) is 12.4 Å². The van der Waals surface area contributed by atoms with Crippen molar-refractivity contribution in [3.63, 3.8) is 0 Å². The van der Waals surface area contributed by atoms with Gasteiger partial charge in [-0.1, -0.05) is 30.3 Å². The molecule has 5 heteroatoms. The number of hydrogen-bond donors (Lipinski definition) is 3. The summed E-state index contributed by atoms with van der Waals surface area (Å²) in [4.78, 5) is 12.0. The molecule has 2 rings (SSSR count). The highest BCUT2D eigenvalue weighted by molar-refractivity contribution is 5.94. The van der Waals surface area contributed by atoms with Crippen molar-refractivity contribution in [3.8, 4) is 0 Å². The molecule has 0 aliphatic heterocycles. The van der Waals surface area contributed by atoms with Crippen LogP contribution in [0, 0.1) is 0 Å². The van der Waals surface area contributed by atoms with Crippen LogP contribution in [0.1, 0.15) is 22.8 Å². The molecule has 0 aliphatic rings. The van der Waals surface area contributed by atoms with Crippen molar-refractivity contribution in [3.05, 3.63) is 53.9 Å². The maximum Gasteiger partial charge on any atom is 0.255 e. The average molecular weight is 245 g/mol. The van der Waals surface area contributed by atoms with E-state index in [-0.39, 0.29) is 12.5 Å². The Morgan fingerprint density at radius 2 is 2.17 bits per heavy atom. The van der Waals surface area contributed by atoms with Crippen molar-refractivity contribution in [2.24, 2.45) is 0 Å². The lowest BCUT2D eigenvalue weighted by molar-refractivity contribution is 0.0849. The van der Waals surface area contributed by atoms with Crippen LogP contribution in [-0.2, 0) is 5.54 Å². The van der Waals surface area contributed by atoms with Gasteiger partial charge >= 0.3 is 0 Å². The van der Waals surface area contributed by atoms with Crippen molar-refractivity contribution < 1.29 is 9.90 Å². The maximum atomic E-state index is 12.0. The van der Waals surface area contributed by atoms with Gasteiger partial charge < -0.3 is 10.4 Å². The summed E-state index contributed by atoms with van der Waals surface area (Å²) in [6.45, 7) is 1.60. The molecule has 0 bridgehead atoms. The van der Waals surface area contributed by atoms with E-state index in [0.29, 0.717) is 5.56 Å². The normalized spacial score (nSPS) is 13.9. The molecule has 94 valence electrons. The molecule has 0 radical (unpaired) electrons. The summed E-state index contributed by atoms with van der Waals surface area (Å²) in [6.07, 6.45) is 2.95. The molecule has 0 saturated heterocycles. The van der Waals surface area contributed by atoms with E-state index in [1.54, 1.807) is 6.92 Å². The molecular formula is C13H15N3O2. The molecule has 0 aliphatic carbocycles. The quantitative estimate of drug-likeness (QED) is 0.753. The number of rotatable bonds is 4. The molecule has 1 amide bonds. The fourth-order valence-electron chi connectivity index (χ4n) is 1.71. The maximum absolute atomic E-state index is 12.0. The van der Waals surface area contributed by atoms with Crippen molar-refractivity contribution in [1.29, 1.82) is 0 Å². The number of aromatic amines is 1. The topological polar surface area (TPSA) is 78.0 Å². The molecule has 2 aromatic rings. The first-order chi connectivity index (χ1) is 8.65. The minimum atomic E-state index is -0.810. The molecule has 1 heterocycles. The number of amides is 1. The number of carbonyl (C=O) groups is 1. The van der Waals surface area contributed by atoms with Crippen LogP contribution in [0.2, 0.25) is 0 Å². The second-order valence-electron chi connectivity index (χ2n) is 4.30. The van der Waals surface area contributed by atoms with Gasteiger partial charge in [-0.3, -0.25) is 9.89 Å². The number of aromatic nitrogens is 2. The van der Waals surface area contributed by atoms with Gasteiger partial charge in [0.15, 0.2) is 0 Å². The van der Waals surface area contributed by atoms with Crippen LogP contribution in [0.15, 0.2) is 42.7 Å². The lowest BCUT2D eigenvalue weighted by Crippen LogP contribution is -2.46. The first kappa shape index (κ1) is 12.3. The van der Waals surface area contributed by atoms with Gasteiger partial charge in [-0.25, -0.2) is 0 Å². The Morgan fingerprint density at radius 1 is 1.44 bits per heavy atom. The highest BCUT2D eigenvalue weighted by Gasteiger charge is 2.28. The molecule has 1 unspecified atom stereocenters. The van der Waals surface area contributed by atoms with E-state index in [1.807, 2.05) is 30.3 Å². The zero-order chi connectivity index (χ0) is 13.0. The molecule has 0 saturated carbocycles. The van der Waals surface area contributed by atoms with Crippen LogP contribution in [0.3, 0.4) is 0 Å². The molecule has 1 aromatic heterocycles.